The van der Waals surface area contributed by atoms with Crippen molar-refractivity contribution < 1.29 is 27.4 Å². The topological polar surface area (TPSA) is 59.6 Å². The molecule has 0 fully saturated rings. The average molecular weight is 421 g/mol. The second-order valence-corrected chi connectivity index (χ2v) is 6.38. The van der Waals surface area contributed by atoms with Crippen molar-refractivity contribution in [3.05, 3.63) is 45.9 Å². The first kappa shape index (κ1) is 19.4. The number of fused-ring (bicyclic) bond motifs is 1. The number of hydrogen-bond donors (Lipinski definition) is 2. The minimum absolute atomic E-state index is 0.107. The fraction of sp³-hybridized carbons (Fsp3) is 0.235. The van der Waals surface area contributed by atoms with Gasteiger partial charge in [-0.3, -0.25) is 4.79 Å². The normalized spacial score (nSPS) is 13.2. The van der Waals surface area contributed by atoms with Gasteiger partial charge in [0.2, 0.25) is 5.91 Å². The Hall–Kier alpha value is -2.32. The van der Waals surface area contributed by atoms with Gasteiger partial charge in [-0.15, -0.1) is 0 Å². The van der Waals surface area contributed by atoms with E-state index in [0.29, 0.717) is 30.4 Å². The number of amides is 1. The number of carbonyl (C=O) groups excluding carboxylic acids is 1. The van der Waals surface area contributed by atoms with E-state index in [1.807, 2.05) is 0 Å². The van der Waals surface area contributed by atoms with Crippen LogP contribution < -0.4 is 20.1 Å². The first-order valence-electron chi connectivity index (χ1n) is 7.73. The number of benzene rings is 2. The van der Waals surface area contributed by atoms with E-state index in [9.17, 15) is 18.0 Å². The predicted octanol–water partition coefficient (Wildman–Crippen LogP) is 4.83. The molecule has 5 nitrogen and oxygen atoms in total. The van der Waals surface area contributed by atoms with Crippen molar-refractivity contribution in [2.24, 2.45) is 0 Å². The third-order valence-corrected chi connectivity index (χ3v) is 4.27. The Kier molecular flexibility index (Phi) is 5.57. The second-order valence-electron chi connectivity index (χ2n) is 5.57. The monoisotopic (exact) mass is 420 g/mol. The summed E-state index contributed by atoms with van der Waals surface area (Å²) in [4.78, 5) is 12.1. The Balaban J connectivity index is 1.65. The maximum atomic E-state index is 12.9. The van der Waals surface area contributed by atoms with Gasteiger partial charge < -0.3 is 20.1 Å². The van der Waals surface area contributed by atoms with Gasteiger partial charge in [-0.1, -0.05) is 23.2 Å². The summed E-state index contributed by atoms with van der Waals surface area (Å²) in [6, 6.07) is 6.35. The number of halogens is 5. The van der Waals surface area contributed by atoms with Crippen LogP contribution in [-0.4, -0.2) is 25.7 Å². The maximum absolute atomic E-state index is 12.9. The van der Waals surface area contributed by atoms with Crippen LogP contribution in [0.4, 0.5) is 24.5 Å². The zero-order chi connectivity index (χ0) is 19.6. The lowest BCUT2D eigenvalue weighted by Crippen LogP contribution is -2.22. The van der Waals surface area contributed by atoms with Crippen LogP contribution in [-0.2, 0) is 11.0 Å². The van der Waals surface area contributed by atoms with Gasteiger partial charge in [0, 0.05) is 17.8 Å². The van der Waals surface area contributed by atoms with Gasteiger partial charge in [-0.2, -0.15) is 13.2 Å². The Morgan fingerprint density at radius 3 is 2.37 bits per heavy atom. The zero-order valence-electron chi connectivity index (χ0n) is 13.6. The lowest BCUT2D eigenvalue weighted by Gasteiger charge is -2.20. The van der Waals surface area contributed by atoms with Crippen molar-refractivity contribution in [1.29, 1.82) is 0 Å². The molecule has 0 atom stereocenters. The molecule has 2 N–H and O–H groups in total. The molecular formula is C17H13Cl2F3N2O3. The molecule has 3 rings (SSSR count). The fourth-order valence-electron chi connectivity index (χ4n) is 2.39. The molecule has 0 spiro atoms. The number of rotatable bonds is 4. The van der Waals surface area contributed by atoms with Gasteiger partial charge in [0.1, 0.15) is 13.2 Å². The molecule has 27 heavy (non-hydrogen) atoms. The van der Waals surface area contributed by atoms with Gasteiger partial charge in [0.05, 0.1) is 27.8 Å². The van der Waals surface area contributed by atoms with Crippen LogP contribution in [0, 0.1) is 0 Å². The summed E-state index contributed by atoms with van der Waals surface area (Å²) in [5.41, 5.74) is -0.570. The SMILES string of the molecule is O=C(CNc1ccc(Cl)c(C(F)(F)F)c1)Nc1cc2c(cc1Cl)OCCO2. The Labute approximate surface area is 162 Å². The van der Waals surface area contributed by atoms with Crippen molar-refractivity contribution in [1.82, 2.24) is 0 Å². The van der Waals surface area contributed by atoms with Crippen LogP contribution >= 0.6 is 23.2 Å². The molecule has 1 heterocycles. The van der Waals surface area contributed by atoms with E-state index in [-0.39, 0.29) is 17.3 Å². The van der Waals surface area contributed by atoms with E-state index in [0.717, 1.165) is 12.1 Å². The zero-order valence-corrected chi connectivity index (χ0v) is 15.1. The van der Waals surface area contributed by atoms with Gasteiger partial charge in [-0.05, 0) is 18.2 Å². The molecule has 0 saturated carbocycles. The molecule has 1 aliphatic heterocycles. The van der Waals surface area contributed by atoms with Crippen LogP contribution in [0.15, 0.2) is 30.3 Å². The van der Waals surface area contributed by atoms with Gasteiger partial charge in [0.15, 0.2) is 11.5 Å². The Bertz CT molecular complexity index is 875. The molecule has 0 radical (unpaired) electrons. The number of anilines is 2. The number of nitrogens with one attached hydrogen (secondary N) is 2. The number of alkyl halides is 3. The van der Waals surface area contributed by atoms with E-state index >= 15 is 0 Å². The maximum Gasteiger partial charge on any atom is 0.417 e. The molecule has 1 aliphatic rings. The highest BCUT2D eigenvalue weighted by atomic mass is 35.5. The van der Waals surface area contributed by atoms with Crippen LogP contribution in [0.25, 0.3) is 0 Å². The summed E-state index contributed by atoms with van der Waals surface area (Å²) in [6.45, 7) is 0.505. The molecule has 2 aromatic rings. The molecule has 10 heteroatoms. The summed E-state index contributed by atoms with van der Waals surface area (Å²) >= 11 is 11.7. The highest BCUT2D eigenvalue weighted by Gasteiger charge is 2.33. The molecule has 0 aliphatic carbocycles. The minimum atomic E-state index is -4.59. The van der Waals surface area contributed by atoms with Crippen LogP contribution in [0.2, 0.25) is 10.0 Å². The number of hydrogen-bond acceptors (Lipinski definition) is 4. The molecule has 144 valence electrons. The predicted molar refractivity (Wildman–Crippen MR) is 96.0 cm³/mol. The third kappa shape index (κ3) is 4.70. The van der Waals surface area contributed by atoms with Crippen LogP contribution in [0.1, 0.15) is 5.56 Å². The van der Waals surface area contributed by atoms with E-state index in [1.165, 1.54) is 18.2 Å². The smallest absolute Gasteiger partial charge is 0.417 e. The summed E-state index contributed by atoms with van der Waals surface area (Å²) in [6.07, 6.45) is -4.59. The van der Waals surface area contributed by atoms with Crippen molar-refractivity contribution in [2.75, 3.05) is 30.4 Å². The largest absolute Gasteiger partial charge is 0.486 e. The lowest BCUT2D eigenvalue weighted by atomic mass is 10.2. The first-order valence-corrected chi connectivity index (χ1v) is 8.49. The standard InChI is InChI=1S/C17H13Cl2F3N2O3/c18-11-2-1-9(5-10(11)17(20,21)22)23-8-16(25)24-13-7-15-14(6-12(13)19)26-3-4-27-15/h1-2,5-7,23H,3-4,8H2,(H,24,25). The van der Waals surface area contributed by atoms with Crippen molar-refractivity contribution in [2.45, 2.75) is 6.18 Å². The number of ether oxygens (including phenoxy) is 2. The van der Waals surface area contributed by atoms with Crippen molar-refractivity contribution >= 4 is 40.5 Å². The molecular weight excluding hydrogens is 408 g/mol. The minimum Gasteiger partial charge on any atom is -0.486 e. The molecule has 0 bridgehead atoms. The Morgan fingerprint density at radius 1 is 1.04 bits per heavy atom. The van der Waals surface area contributed by atoms with Gasteiger partial charge in [-0.25, -0.2) is 0 Å². The van der Waals surface area contributed by atoms with E-state index in [2.05, 4.69) is 10.6 Å². The quantitative estimate of drug-likeness (QED) is 0.743. The van der Waals surface area contributed by atoms with Gasteiger partial charge >= 0.3 is 6.18 Å². The third-order valence-electron chi connectivity index (χ3n) is 3.63. The Morgan fingerprint density at radius 2 is 1.70 bits per heavy atom. The highest BCUT2D eigenvalue weighted by Crippen LogP contribution is 2.38. The summed E-state index contributed by atoms with van der Waals surface area (Å²) in [5.74, 6) is 0.418. The summed E-state index contributed by atoms with van der Waals surface area (Å²) in [7, 11) is 0. The van der Waals surface area contributed by atoms with Crippen molar-refractivity contribution in [3.8, 4) is 11.5 Å². The first-order chi connectivity index (χ1) is 12.7. The van der Waals surface area contributed by atoms with Crippen molar-refractivity contribution in [3.63, 3.8) is 0 Å². The second kappa shape index (κ2) is 7.74. The average Bonchev–Trinajstić information content (AvgIpc) is 2.60. The van der Waals surface area contributed by atoms with E-state index < -0.39 is 22.7 Å². The summed E-state index contributed by atoms with van der Waals surface area (Å²) in [5, 5.41) is 5.02. The van der Waals surface area contributed by atoms with E-state index in [1.54, 1.807) is 0 Å². The van der Waals surface area contributed by atoms with Crippen LogP contribution in [0.5, 0.6) is 11.5 Å². The van der Waals surface area contributed by atoms with E-state index in [4.69, 9.17) is 32.7 Å². The fourth-order valence-corrected chi connectivity index (χ4v) is 2.81. The molecule has 0 aromatic heterocycles. The summed E-state index contributed by atoms with van der Waals surface area (Å²) < 4.78 is 49.4. The highest BCUT2D eigenvalue weighted by molar-refractivity contribution is 6.34. The molecule has 0 unspecified atom stereocenters. The number of carbonyl (C=O) groups is 1. The van der Waals surface area contributed by atoms with Crippen LogP contribution in [0.3, 0.4) is 0 Å². The molecule has 2 aromatic carbocycles. The lowest BCUT2D eigenvalue weighted by molar-refractivity contribution is -0.137. The van der Waals surface area contributed by atoms with Gasteiger partial charge in [0.25, 0.3) is 0 Å². The molecule has 1 amide bonds. The molecule has 0 saturated heterocycles.